The summed E-state index contributed by atoms with van der Waals surface area (Å²) >= 11 is 0. The molecule has 4 aromatic carbocycles. The number of aryl methyl sites for hydroxylation is 1. The molecule has 0 fully saturated rings. The normalized spacial score (nSPS) is 11.7. The van der Waals surface area contributed by atoms with Crippen LogP contribution in [0.15, 0.2) is 91.0 Å². The van der Waals surface area contributed by atoms with Crippen LogP contribution in [-0.2, 0) is 6.42 Å². The molecule has 0 aliphatic carbocycles. The smallest absolute Gasteiger partial charge is 0.127 e. The second-order valence-electron chi connectivity index (χ2n) is 7.85. The lowest BCUT2D eigenvalue weighted by Gasteiger charge is -2.15. The first-order valence-electron chi connectivity index (χ1n) is 10.8. The topological polar surface area (TPSA) is 70.5 Å². The Hall–Kier alpha value is -3.92. The molecule has 1 atom stereocenters. The fourth-order valence-corrected chi connectivity index (χ4v) is 3.60. The zero-order valence-corrected chi connectivity index (χ0v) is 18.4. The molecular formula is C28H28N2O2. The highest BCUT2D eigenvalue weighted by Gasteiger charge is 2.10. The SMILES string of the molecule is CCc1cc(Oc2ccc(C(C)c3ccc(Oc4ccc(N)cc4)cc3)cc2)ccc1N. The number of anilines is 2. The van der Waals surface area contributed by atoms with Gasteiger partial charge < -0.3 is 20.9 Å². The first-order chi connectivity index (χ1) is 15.5. The van der Waals surface area contributed by atoms with Crippen molar-refractivity contribution in [2.24, 2.45) is 0 Å². The highest BCUT2D eigenvalue weighted by Crippen LogP contribution is 2.31. The Morgan fingerprint density at radius 3 is 1.56 bits per heavy atom. The molecule has 0 aliphatic heterocycles. The first kappa shape index (κ1) is 21.3. The third-order valence-corrected chi connectivity index (χ3v) is 5.61. The van der Waals surface area contributed by atoms with E-state index in [0.717, 1.165) is 46.4 Å². The molecule has 0 radical (unpaired) electrons. The molecule has 0 heterocycles. The van der Waals surface area contributed by atoms with Gasteiger partial charge in [-0.3, -0.25) is 0 Å². The molecule has 4 heteroatoms. The van der Waals surface area contributed by atoms with E-state index in [0.29, 0.717) is 0 Å². The second-order valence-corrected chi connectivity index (χ2v) is 7.85. The number of rotatable bonds is 7. The van der Waals surface area contributed by atoms with Gasteiger partial charge in [-0.25, -0.2) is 0 Å². The molecule has 0 bridgehead atoms. The molecule has 32 heavy (non-hydrogen) atoms. The highest BCUT2D eigenvalue weighted by molar-refractivity contribution is 5.51. The molecule has 0 aliphatic rings. The Balaban J connectivity index is 1.41. The molecule has 4 nitrogen and oxygen atoms in total. The molecule has 0 aromatic heterocycles. The van der Waals surface area contributed by atoms with Gasteiger partial charge in [-0.05, 0) is 89.8 Å². The number of hydrogen-bond donors (Lipinski definition) is 2. The Morgan fingerprint density at radius 2 is 1.06 bits per heavy atom. The minimum atomic E-state index is 0.248. The van der Waals surface area contributed by atoms with Crippen LogP contribution in [0.25, 0.3) is 0 Å². The lowest BCUT2D eigenvalue weighted by atomic mass is 9.93. The summed E-state index contributed by atoms with van der Waals surface area (Å²) in [5.41, 5.74) is 16.8. The monoisotopic (exact) mass is 424 g/mol. The van der Waals surface area contributed by atoms with Crippen LogP contribution in [-0.4, -0.2) is 0 Å². The summed E-state index contributed by atoms with van der Waals surface area (Å²) in [7, 11) is 0. The van der Waals surface area contributed by atoms with Crippen molar-refractivity contribution in [1.82, 2.24) is 0 Å². The molecule has 0 saturated heterocycles. The van der Waals surface area contributed by atoms with Gasteiger partial charge in [0.25, 0.3) is 0 Å². The predicted octanol–water partition coefficient (Wildman–Crippen LogP) is 7.15. The fraction of sp³-hybridized carbons (Fsp3) is 0.143. The maximum absolute atomic E-state index is 6.02. The Labute approximate surface area is 189 Å². The summed E-state index contributed by atoms with van der Waals surface area (Å²) in [4.78, 5) is 0. The minimum Gasteiger partial charge on any atom is -0.457 e. The van der Waals surface area contributed by atoms with E-state index in [9.17, 15) is 0 Å². The lowest BCUT2D eigenvalue weighted by molar-refractivity contribution is 0.482. The summed E-state index contributed by atoms with van der Waals surface area (Å²) in [6, 6.07) is 29.6. The van der Waals surface area contributed by atoms with Crippen LogP contribution in [0.3, 0.4) is 0 Å². The maximum atomic E-state index is 6.02. The van der Waals surface area contributed by atoms with Crippen molar-refractivity contribution in [3.63, 3.8) is 0 Å². The fourth-order valence-electron chi connectivity index (χ4n) is 3.60. The van der Waals surface area contributed by atoms with E-state index in [1.54, 1.807) is 0 Å². The second kappa shape index (κ2) is 9.48. The van der Waals surface area contributed by atoms with Gasteiger partial charge in [0.05, 0.1) is 0 Å². The van der Waals surface area contributed by atoms with Crippen LogP contribution in [0.1, 0.15) is 36.5 Å². The van der Waals surface area contributed by atoms with E-state index in [1.165, 1.54) is 11.1 Å². The van der Waals surface area contributed by atoms with Gasteiger partial charge in [0.1, 0.15) is 23.0 Å². The van der Waals surface area contributed by atoms with Crippen molar-refractivity contribution >= 4 is 11.4 Å². The van der Waals surface area contributed by atoms with E-state index in [-0.39, 0.29) is 5.92 Å². The van der Waals surface area contributed by atoms with Gasteiger partial charge in [0, 0.05) is 17.3 Å². The van der Waals surface area contributed by atoms with E-state index in [4.69, 9.17) is 20.9 Å². The summed E-state index contributed by atoms with van der Waals surface area (Å²) < 4.78 is 11.9. The Kier molecular flexibility index (Phi) is 6.31. The predicted molar refractivity (Wildman–Crippen MR) is 132 cm³/mol. The lowest BCUT2D eigenvalue weighted by Crippen LogP contribution is -1.97. The first-order valence-corrected chi connectivity index (χ1v) is 10.8. The zero-order chi connectivity index (χ0) is 22.5. The molecule has 0 saturated carbocycles. The number of nitrogens with two attached hydrogens (primary N) is 2. The summed E-state index contributed by atoms with van der Waals surface area (Å²) in [6.07, 6.45) is 0.878. The van der Waals surface area contributed by atoms with Gasteiger partial charge >= 0.3 is 0 Å². The van der Waals surface area contributed by atoms with Gasteiger partial charge in [-0.1, -0.05) is 38.1 Å². The van der Waals surface area contributed by atoms with Crippen molar-refractivity contribution in [3.05, 3.63) is 108 Å². The number of hydrogen-bond acceptors (Lipinski definition) is 4. The molecule has 0 amide bonds. The molecular weight excluding hydrogens is 396 g/mol. The zero-order valence-electron chi connectivity index (χ0n) is 18.4. The summed E-state index contributed by atoms with van der Waals surface area (Å²) in [5, 5.41) is 0. The molecule has 4 N–H and O–H groups in total. The van der Waals surface area contributed by atoms with Crippen LogP contribution >= 0.6 is 0 Å². The van der Waals surface area contributed by atoms with Crippen molar-refractivity contribution in [1.29, 1.82) is 0 Å². The van der Waals surface area contributed by atoms with Crippen LogP contribution in [0.2, 0.25) is 0 Å². The van der Waals surface area contributed by atoms with Crippen molar-refractivity contribution in [2.45, 2.75) is 26.2 Å². The van der Waals surface area contributed by atoms with Gasteiger partial charge in [0.2, 0.25) is 0 Å². The van der Waals surface area contributed by atoms with Gasteiger partial charge in [0.15, 0.2) is 0 Å². The standard InChI is InChI=1S/C28H28N2O2/c1-3-20-18-27(16-17-28(20)30)32-25-12-6-22(7-13-25)19(2)21-4-10-24(11-5-21)31-26-14-8-23(29)9-15-26/h4-19H,3,29-30H2,1-2H3. The van der Waals surface area contributed by atoms with Gasteiger partial charge in [-0.15, -0.1) is 0 Å². The van der Waals surface area contributed by atoms with Crippen LogP contribution in [0, 0.1) is 0 Å². The van der Waals surface area contributed by atoms with Crippen molar-refractivity contribution in [2.75, 3.05) is 11.5 Å². The highest BCUT2D eigenvalue weighted by atomic mass is 16.5. The van der Waals surface area contributed by atoms with Crippen LogP contribution in [0.5, 0.6) is 23.0 Å². The van der Waals surface area contributed by atoms with E-state index in [2.05, 4.69) is 38.1 Å². The number of nitrogen functional groups attached to an aromatic ring is 2. The third-order valence-electron chi connectivity index (χ3n) is 5.61. The molecule has 162 valence electrons. The van der Waals surface area contributed by atoms with E-state index in [1.807, 2.05) is 66.7 Å². The van der Waals surface area contributed by atoms with Crippen LogP contribution < -0.4 is 20.9 Å². The average molecular weight is 425 g/mol. The number of ether oxygens (including phenoxy) is 2. The largest absolute Gasteiger partial charge is 0.457 e. The maximum Gasteiger partial charge on any atom is 0.127 e. The van der Waals surface area contributed by atoms with Crippen molar-refractivity contribution < 1.29 is 9.47 Å². The molecule has 0 spiro atoms. The Bertz CT molecular complexity index is 1170. The van der Waals surface area contributed by atoms with Gasteiger partial charge in [-0.2, -0.15) is 0 Å². The summed E-state index contributed by atoms with van der Waals surface area (Å²) in [6.45, 7) is 4.28. The van der Waals surface area contributed by atoms with E-state index < -0.39 is 0 Å². The third kappa shape index (κ3) is 5.03. The minimum absolute atomic E-state index is 0.248. The quantitative estimate of drug-likeness (QED) is 0.309. The summed E-state index contributed by atoms with van der Waals surface area (Å²) in [5.74, 6) is 3.42. The molecule has 1 unspecified atom stereocenters. The Morgan fingerprint density at radius 1 is 0.625 bits per heavy atom. The average Bonchev–Trinajstić information content (AvgIpc) is 2.82. The molecule has 4 aromatic rings. The van der Waals surface area contributed by atoms with E-state index >= 15 is 0 Å². The molecule has 4 rings (SSSR count). The number of benzene rings is 4. The van der Waals surface area contributed by atoms with Crippen molar-refractivity contribution in [3.8, 4) is 23.0 Å². The van der Waals surface area contributed by atoms with Crippen LogP contribution in [0.4, 0.5) is 11.4 Å².